The Labute approximate surface area is 143 Å². The first-order valence-electron chi connectivity index (χ1n) is 7.57. The Morgan fingerprint density at radius 1 is 1.28 bits per heavy atom. The fourth-order valence-corrected chi connectivity index (χ4v) is 2.46. The van der Waals surface area contributed by atoms with Gasteiger partial charge >= 0.3 is 0 Å². The molecule has 3 aromatic rings. The fraction of sp³-hybridized carbons (Fsp3) is 0.235. The molecule has 1 aromatic carbocycles. The van der Waals surface area contributed by atoms with Gasteiger partial charge in [0.15, 0.2) is 0 Å². The number of carbonyl (C=O) groups is 1. The maximum Gasteiger partial charge on any atom is 0.215 e. The van der Waals surface area contributed by atoms with Gasteiger partial charge in [-0.05, 0) is 18.2 Å². The zero-order valence-electron chi connectivity index (χ0n) is 13.8. The lowest BCUT2D eigenvalue weighted by Gasteiger charge is -2.03. The third-order valence-corrected chi connectivity index (χ3v) is 3.70. The second kappa shape index (κ2) is 7.08. The Morgan fingerprint density at radius 2 is 2.12 bits per heavy atom. The number of aryl methyl sites for hydroxylation is 1. The van der Waals surface area contributed by atoms with E-state index >= 15 is 0 Å². The van der Waals surface area contributed by atoms with Gasteiger partial charge in [0, 0.05) is 36.3 Å². The molecule has 0 spiro atoms. The van der Waals surface area contributed by atoms with E-state index < -0.39 is 0 Å². The molecule has 8 heteroatoms. The molecule has 2 heterocycles. The molecule has 0 bridgehead atoms. The molecule has 0 unspecified atom stereocenters. The van der Waals surface area contributed by atoms with Crippen molar-refractivity contribution in [1.29, 1.82) is 0 Å². The molecule has 0 saturated heterocycles. The first kappa shape index (κ1) is 16.6. The van der Waals surface area contributed by atoms with Crippen LogP contribution in [0.25, 0.3) is 10.9 Å². The molecule has 0 amide bonds. The topological polar surface area (TPSA) is 95.7 Å². The highest BCUT2D eigenvalue weighted by molar-refractivity contribution is 6.14. The molecular weight excluding hydrogens is 324 g/mol. The van der Waals surface area contributed by atoms with Gasteiger partial charge in [-0.15, -0.1) is 0 Å². The van der Waals surface area contributed by atoms with Crippen molar-refractivity contribution in [1.82, 2.24) is 14.8 Å². The number of ether oxygens (including phenoxy) is 2. The molecule has 0 saturated carbocycles. The number of methoxy groups -OCH3 is 1. The zero-order chi connectivity index (χ0) is 17.8. The Bertz CT molecular complexity index is 918. The normalized spacial score (nSPS) is 10.6. The van der Waals surface area contributed by atoms with Crippen molar-refractivity contribution in [3.63, 3.8) is 0 Å². The Balaban J connectivity index is 1.88. The number of nitroso groups, excluding NO2 is 1. The molecule has 0 atom stereocenters. The van der Waals surface area contributed by atoms with E-state index in [-0.39, 0.29) is 18.9 Å². The average molecular weight is 340 g/mol. The minimum atomic E-state index is -0.232. The van der Waals surface area contributed by atoms with Crippen LogP contribution in [0.3, 0.4) is 0 Å². The summed E-state index contributed by atoms with van der Waals surface area (Å²) in [7, 11) is 3.36. The lowest BCUT2D eigenvalue weighted by molar-refractivity contribution is 0.103. The van der Waals surface area contributed by atoms with Crippen LogP contribution in [0.15, 0.2) is 41.7 Å². The highest BCUT2D eigenvalue weighted by atomic mass is 16.5. The number of rotatable bonds is 7. The SMILES string of the molecule is COc1ccc2c(C(=O)c3ccc(OCCN=O)nc3)nn(C)c2c1. The van der Waals surface area contributed by atoms with Crippen LogP contribution in [-0.2, 0) is 7.05 Å². The molecule has 0 radical (unpaired) electrons. The fourth-order valence-electron chi connectivity index (χ4n) is 2.46. The van der Waals surface area contributed by atoms with Gasteiger partial charge in [-0.25, -0.2) is 4.98 Å². The summed E-state index contributed by atoms with van der Waals surface area (Å²) in [6.07, 6.45) is 1.43. The monoisotopic (exact) mass is 340 g/mol. The minimum absolute atomic E-state index is 0.0474. The second-order valence-electron chi connectivity index (χ2n) is 5.27. The van der Waals surface area contributed by atoms with Crippen molar-refractivity contribution in [2.45, 2.75) is 0 Å². The maximum atomic E-state index is 12.8. The first-order chi connectivity index (χ1) is 12.1. The van der Waals surface area contributed by atoms with Gasteiger partial charge in [0.05, 0.1) is 12.6 Å². The van der Waals surface area contributed by atoms with Crippen molar-refractivity contribution >= 4 is 16.7 Å². The van der Waals surface area contributed by atoms with E-state index in [1.807, 2.05) is 12.1 Å². The summed E-state index contributed by atoms with van der Waals surface area (Å²) in [6, 6.07) is 8.62. The standard InChI is InChI=1S/C17H16N4O4/c1-21-14-9-12(24-2)4-5-13(14)16(20-21)17(22)11-3-6-15(18-10-11)25-8-7-19-23/h3-6,9-10H,7-8H2,1-2H3. The lowest BCUT2D eigenvalue weighted by Crippen LogP contribution is -2.06. The predicted octanol–water partition coefficient (Wildman–Crippen LogP) is 2.35. The third kappa shape index (κ3) is 3.32. The summed E-state index contributed by atoms with van der Waals surface area (Å²) >= 11 is 0. The van der Waals surface area contributed by atoms with E-state index in [2.05, 4.69) is 15.3 Å². The molecule has 0 aliphatic rings. The summed E-state index contributed by atoms with van der Waals surface area (Å²) in [5.41, 5.74) is 1.55. The first-order valence-corrected chi connectivity index (χ1v) is 7.57. The van der Waals surface area contributed by atoms with E-state index in [4.69, 9.17) is 9.47 Å². The quantitative estimate of drug-likeness (QED) is 0.372. The van der Waals surface area contributed by atoms with Crippen LogP contribution < -0.4 is 9.47 Å². The zero-order valence-corrected chi connectivity index (χ0v) is 13.8. The van der Waals surface area contributed by atoms with Crippen LogP contribution in [0.4, 0.5) is 0 Å². The molecule has 0 fully saturated rings. The number of fused-ring (bicyclic) bond motifs is 1. The molecule has 0 aliphatic heterocycles. The molecule has 128 valence electrons. The predicted molar refractivity (Wildman–Crippen MR) is 91.1 cm³/mol. The van der Waals surface area contributed by atoms with E-state index in [1.165, 1.54) is 6.20 Å². The van der Waals surface area contributed by atoms with Crippen molar-refractivity contribution in [3.8, 4) is 11.6 Å². The van der Waals surface area contributed by atoms with Crippen LogP contribution >= 0.6 is 0 Å². The summed E-state index contributed by atoms with van der Waals surface area (Å²) in [4.78, 5) is 26.9. The van der Waals surface area contributed by atoms with Crippen molar-refractivity contribution in [2.24, 2.45) is 12.2 Å². The van der Waals surface area contributed by atoms with Crippen LogP contribution in [0.2, 0.25) is 0 Å². The van der Waals surface area contributed by atoms with Gasteiger partial charge in [0.25, 0.3) is 0 Å². The Hall–Kier alpha value is -3.29. The number of pyridine rings is 1. The molecule has 25 heavy (non-hydrogen) atoms. The van der Waals surface area contributed by atoms with E-state index in [1.54, 1.807) is 37.0 Å². The van der Waals surface area contributed by atoms with Crippen LogP contribution in [-0.4, -0.2) is 40.8 Å². The molecular formula is C17H16N4O4. The number of aromatic nitrogens is 3. The number of benzene rings is 1. The molecule has 8 nitrogen and oxygen atoms in total. The third-order valence-electron chi connectivity index (χ3n) is 3.70. The van der Waals surface area contributed by atoms with Crippen LogP contribution in [0, 0.1) is 4.91 Å². The summed E-state index contributed by atoms with van der Waals surface area (Å²) in [5.74, 6) is 0.794. The Kier molecular flexibility index (Phi) is 4.69. The number of ketones is 1. The summed E-state index contributed by atoms with van der Waals surface area (Å²) < 4.78 is 12.1. The maximum absolute atomic E-state index is 12.8. The van der Waals surface area contributed by atoms with Gasteiger partial charge in [-0.3, -0.25) is 9.48 Å². The number of carbonyl (C=O) groups excluding carboxylic acids is 1. The molecule has 0 N–H and O–H groups in total. The Morgan fingerprint density at radius 3 is 2.80 bits per heavy atom. The largest absolute Gasteiger partial charge is 0.497 e. The van der Waals surface area contributed by atoms with Crippen molar-refractivity contribution in [2.75, 3.05) is 20.3 Å². The average Bonchev–Trinajstić information content (AvgIpc) is 2.98. The molecule has 2 aromatic heterocycles. The number of hydrogen-bond acceptors (Lipinski definition) is 7. The van der Waals surface area contributed by atoms with Crippen LogP contribution in [0.5, 0.6) is 11.6 Å². The molecule has 3 rings (SSSR count). The van der Waals surface area contributed by atoms with Crippen LogP contribution in [0.1, 0.15) is 16.1 Å². The highest BCUT2D eigenvalue weighted by Gasteiger charge is 2.18. The van der Waals surface area contributed by atoms with E-state index in [0.29, 0.717) is 22.9 Å². The highest BCUT2D eigenvalue weighted by Crippen LogP contribution is 2.25. The van der Waals surface area contributed by atoms with Gasteiger partial charge in [0.2, 0.25) is 11.7 Å². The second-order valence-corrected chi connectivity index (χ2v) is 5.27. The van der Waals surface area contributed by atoms with Crippen molar-refractivity contribution < 1.29 is 14.3 Å². The lowest BCUT2D eigenvalue weighted by atomic mass is 10.1. The van der Waals surface area contributed by atoms with E-state index in [9.17, 15) is 9.70 Å². The van der Waals surface area contributed by atoms with E-state index in [0.717, 1.165) is 10.9 Å². The smallest absolute Gasteiger partial charge is 0.215 e. The number of nitrogens with zero attached hydrogens (tertiary/aromatic N) is 4. The molecule has 0 aliphatic carbocycles. The van der Waals surface area contributed by atoms with Crippen molar-refractivity contribution in [3.05, 3.63) is 52.7 Å². The van der Waals surface area contributed by atoms with Gasteiger partial charge in [-0.1, -0.05) is 5.18 Å². The summed E-state index contributed by atoms with van der Waals surface area (Å²) in [6.45, 7) is 0.197. The van der Waals surface area contributed by atoms with Gasteiger partial charge in [0.1, 0.15) is 24.6 Å². The van der Waals surface area contributed by atoms with Gasteiger partial charge < -0.3 is 9.47 Å². The minimum Gasteiger partial charge on any atom is -0.497 e. The number of hydrogen-bond donors (Lipinski definition) is 0. The summed E-state index contributed by atoms with van der Waals surface area (Å²) in [5, 5.41) is 7.77. The van der Waals surface area contributed by atoms with Gasteiger partial charge in [-0.2, -0.15) is 10.0 Å².